The van der Waals surface area contributed by atoms with Crippen molar-refractivity contribution in [3.8, 4) is 0 Å². The number of carbonyl (C=O) groups excluding carboxylic acids is 2. The molecule has 2 aliphatic rings. The van der Waals surface area contributed by atoms with Crippen LogP contribution in [0, 0.1) is 5.92 Å². The van der Waals surface area contributed by atoms with Crippen molar-refractivity contribution >= 4 is 27.8 Å². The highest BCUT2D eigenvalue weighted by Gasteiger charge is 2.49. The van der Waals surface area contributed by atoms with Gasteiger partial charge in [-0.15, -0.1) is 0 Å². The number of carboxylic acid groups (broad SMARTS) is 1. The molecule has 0 bridgehead atoms. The average molecular weight is 416 g/mol. The van der Waals surface area contributed by atoms with Gasteiger partial charge in [0, 0.05) is 12.8 Å². The Kier molecular flexibility index (Phi) is 7.81. The van der Waals surface area contributed by atoms with Crippen LogP contribution in [0.2, 0.25) is 0 Å². The normalized spacial score (nSPS) is 20.1. The lowest BCUT2D eigenvalue weighted by molar-refractivity contribution is -0.145. The summed E-state index contributed by atoms with van der Waals surface area (Å²) in [6.45, 7) is 1.57. The van der Waals surface area contributed by atoms with Crippen LogP contribution in [0.1, 0.15) is 45.4 Å². The molecule has 0 aliphatic heterocycles. The number of ketones is 1. The smallest absolute Gasteiger partial charge is 0.481 e. The Labute approximate surface area is 153 Å². The van der Waals surface area contributed by atoms with Crippen LogP contribution in [0.25, 0.3) is 0 Å². The van der Waals surface area contributed by atoms with Gasteiger partial charge in [0.15, 0.2) is 0 Å². The second-order valence-electron chi connectivity index (χ2n) is 5.71. The molecule has 0 aromatic heterocycles. The fraction of sp³-hybridized carbons (Fsp3) is 0.667. The number of carboxylic acids is 1. The number of aliphatic carboxylic acids is 1. The number of hydrogen-bond acceptors (Lipinski definition) is 7. The number of hydrogen-bond donors (Lipinski definition) is 1. The van der Waals surface area contributed by atoms with Gasteiger partial charge in [-0.2, -0.15) is 21.6 Å². The van der Waals surface area contributed by atoms with Crippen molar-refractivity contribution in [2.75, 3.05) is 6.61 Å². The summed E-state index contributed by atoms with van der Waals surface area (Å²) in [6, 6.07) is 0. The minimum atomic E-state index is -5.73. The number of rotatable bonds is 5. The average Bonchev–Trinajstić information content (AvgIpc) is 3.15. The lowest BCUT2D eigenvalue weighted by atomic mass is 10.1. The van der Waals surface area contributed by atoms with Crippen molar-refractivity contribution < 1.29 is 50.0 Å². The molecule has 0 aromatic rings. The van der Waals surface area contributed by atoms with Gasteiger partial charge < -0.3 is 14.0 Å². The van der Waals surface area contributed by atoms with E-state index >= 15 is 0 Å². The van der Waals surface area contributed by atoms with Crippen molar-refractivity contribution in [3.63, 3.8) is 0 Å². The van der Waals surface area contributed by atoms with Gasteiger partial charge in [0.25, 0.3) is 0 Å². The molecule has 0 radical (unpaired) electrons. The summed E-state index contributed by atoms with van der Waals surface area (Å²) in [5.41, 5.74) is -5.66. The second-order valence-corrected chi connectivity index (χ2v) is 7.25. The first-order valence-corrected chi connectivity index (χ1v) is 9.47. The number of Topliss-reactive ketones (excluding diaryl/α,β-unsaturated/α-hetero) is 1. The van der Waals surface area contributed by atoms with Crippen molar-refractivity contribution in [3.05, 3.63) is 11.3 Å². The summed E-state index contributed by atoms with van der Waals surface area (Å²) < 4.78 is 66.5. The van der Waals surface area contributed by atoms with Gasteiger partial charge >= 0.3 is 27.6 Å². The van der Waals surface area contributed by atoms with Gasteiger partial charge in [-0.05, 0) is 32.6 Å². The topological polar surface area (TPSA) is 124 Å². The molecule has 0 amide bonds. The summed E-state index contributed by atoms with van der Waals surface area (Å²) >= 11 is 0. The number of carbonyl (C=O) groups is 3. The lowest BCUT2D eigenvalue weighted by Gasteiger charge is -2.11. The van der Waals surface area contributed by atoms with E-state index in [0.29, 0.717) is 19.3 Å². The van der Waals surface area contributed by atoms with Crippen LogP contribution in [0.5, 0.6) is 0 Å². The maximum absolute atomic E-state index is 12.1. The Morgan fingerprint density at radius 1 is 1.19 bits per heavy atom. The van der Waals surface area contributed by atoms with E-state index in [2.05, 4.69) is 8.92 Å². The first-order valence-electron chi connectivity index (χ1n) is 8.06. The molecule has 2 aliphatic carbocycles. The highest BCUT2D eigenvalue weighted by molar-refractivity contribution is 7.87. The van der Waals surface area contributed by atoms with Gasteiger partial charge in [-0.1, -0.05) is 0 Å². The third-order valence-electron chi connectivity index (χ3n) is 3.79. The number of alkyl halides is 3. The molecule has 12 heteroatoms. The third kappa shape index (κ3) is 6.22. The summed E-state index contributed by atoms with van der Waals surface area (Å²) in [5, 5.41) is 8.36. The van der Waals surface area contributed by atoms with Crippen molar-refractivity contribution in [2.45, 2.75) is 51.0 Å². The van der Waals surface area contributed by atoms with Gasteiger partial charge in [-0.25, -0.2) is 4.79 Å². The molecular weight excluding hydrogens is 397 g/mol. The van der Waals surface area contributed by atoms with Crippen LogP contribution in [-0.4, -0.2) is 43.4 Å². The van der Waals surface area contributed by atoms with E-state index in [1.54, 1.807) is 0 Å². The number of esters is 1. The molecule has 27 heavy (non-hydrogen) atoms. The fourth-order valence-electron chi connectivity index (χ4n) is 2.50. The van der Waals surface area contributed by atoms with E-state index in [1.165, 1.54) is 6.92 Å². The molecule has 8 nitrogen and oxygen atoms in total. The van der Waals surface area contributed by atoms with Crippen LogP contribution in [-0.2, 0) is 33.4 Å². The standard InChI is InChI=1S/C9H11F3O5S.C6H8O3/c1-2-16-8(13)6-4-3-5-7(6)17-18(14,15)9(10,11)12;7-5-3-1-2-4(5)6(8)9/h2-5H2,1H3;4H,1-3H2,(H,8,9). The first-order chi connectivity index (χ1) is 12.4. The Balaban J connectivity index is 0.000000337. The summed E-state index contributed by atoms with van der Waals surface area (Å²) in [4.78, 5) is 32.2. The summed E-state index contributed by atoms with van der Waals surface area (Å²) in [6.07, 6.45) is 2.18. The van der Waals surface area contributed by atoms with E-state index in [9.17, 15) is 36.0 Å². The molecular formula is C15H19F3O8S. The van der Waals surface area contributed by atoms with Gasteiger partial charge in [-0.3, -0.25) is 9.59 Å². The zero-order chi connectivity index (χ0) is 20.8. The maximum Gasteiger partial charge on any atom is 0.534 e. The maximum atomic E-state index is 12.1. The Morgan fingerprint density at radius 2 is 1.81 bits per heavy atom. The monoisotopic (exact) mass is 416 g/mol. The molecule has 154 valence electrons. The van der Waals surface area contributed by atoms with Crippen molar-refractivity contribution in [2.24, 2.45) is 5.92 Å². The molecule has 1 atom stereocenters. The quantitative estimate of drug-likeness (QED) is 0.313. The SMILES string of the molecule is CCOC(=O)C1=C(OS(=O)(=O)C(F)(F)F)CCC1.O=C(O)C1CCCC1=O. The zero-order valence-corrected chi connectivity index (χ0v) is 15.2. The van der Waals surface area contributed by atoms with E-state index in [4.69, 9.17) is 5.11 Å². The van der Waals surface area contributed by atoms with Gasteiger partial charge in [0.2, 0.25) is 0 Å². The predicted molar refractivity (Wildman–Crippen MR) is 83.6 cm³/mol. The summed E-state index contributed by atoms with van der Waals surface area (Å²) in [5.74, 6) is -3.09. The van der Waals surface area contributed by atoms with Crippen molar-refractivity contribution in [1.29, 1.82) is 0 Å². The number of ether oxygens (including phenoxy) is 1. The second kappa shape index (κ2) is 9.20. The van der Waals surface area contributed by atoms with Crippen molar-refractivity contribution in [1.82, 2.24) is 0 Å². The molecule has 1 N–H and O–H groups in total. The van der Waals surface area contributed by atoms with Crippen LogP contribution in [0.3, 0.4) is 0 Å². The van der Waals surface area contributed by atoms with E-state index in [-0.39, 0.29) is 30.8 Å². The molecule has 1 saturated carbocycles. The molecule has 1 unspecified atom stereocenters. The molecule has 1 fully saturated rings. The lowest BCUT2D eigenvalue weighted by Crippen LogP contribution is -2.25. The van der Waals surface area contributed by atoms with E-state index < -0.39 is 39.2 Å². The summed E-state index contributed by atoms with van der Waals surface area (Å²) in [7, 11) is -5.73. The first kappa shape index (κ1) is 22.9. The largest absolute Gasteiger partial charge is 0.534 e. The Hall–Kier alpha value is -2.11. The van der Waals surface area contributed by atoms with Gasteiger partial charge in [0.05, 0.1) is 12.2 Å². The minimum absolute atomic E-state index is 0.0382. The van der Waals surface area contributed by atoms with Crippen LogP contribution in [0.4, 0.5) is 13.2 Å². The van der Waals surface area contributed by atoms with Gasteiger partial charge in [0.1, 0.15) is 17.5 Å². The van der Waals surface area contributed by atoms with Crippen LogP contribution >= 0.6 is 0 Å². The predicted octanol–water partition coefficient (Wildman–Crippen LogP) is 2.29. The fourth-order valence-corrected chi connectivity index (χ4v) is 3.04. The van der Waals surface area contributed by atoms with E-state index in [0.717, 1.165) is 6.42 Å². The highest BCUT2D eigenvalue weighted by atomic mass is 32.2. The zero-order valence-electron chi connectivity index (χ0n) is 14.4. The molecule has 0 heterocycles. The van der Waals surface area contributed by atoms with Crippen LogP contribution in [0.15, 0.2) is 11.3 Å². The third-order valence-corrected chi connectivity index (χ3v) is 4.77. The minimum Gasteiger partial charge on any atom is -0.481 e. The molecule has 2 rings (SSSR count). The Morgan fingerprint density at radius 3 is 2.22 bits per heavy atom. The number of halogens is 3. The highest BCUT2D eigenvalue weighted by Crippen LogP contribution is 2.33. The van der Waals surface area contributed by atoms with E-state index in [1.807, 2.05) is 0 Å². The molecule has 0 aromatic carbocycles. The molecule has 0 spiro atoms. The number of allylic oxidation sites excluding steroid dienone is 1. The van der Waals surface area contributed by atoms with Crippen LogP contribution < -0.4 is 0 Å². The Bertz CT molecular complexity index is 724. The molecule has 0 saturated heterocycles.